The second kappa shape index (κ2) is 7.19. The summed E-state index contributed by atoms with van der Waals surface area (Å²) in [5.41, 5.74) is 0.953. The predicted molar refractivity (Wildman–Crippen MR) is 74.4 cm³/mol. The van der Waals surface area contributed by atoms with E-state index in [4.69, 9.17) is 9.84 Å². The van der Waals surface area contributed by atoms with Crippen LogP contribution in [0.4, 0.5) is 0 Å². The Hall–Kier alpha value is -1.92. The average molecular weight is 293 g/mol. The molecule has 1 aliphatic rings. The van der Waals surface area contributed by atoms with Gasteiger partial charge in [-0.05, 0) is 24.3 Å². The maximum absolute atomic E-state index is 11.8. The molecule has 2 rings (SSSR count). The molecule has 0 saturated heterocycles. The highest BCUT2D eigenvalue weighted by atomic mass is 16.5. The van der Waals surface area contributed by atoms with Crippen LogP contribution in [-0.4, -0.2) is 40.8 Å². The van der Waals surface area contributed by atoms with E-state index in [0.717, 1.165) is 18.4 Å². The highest BCUT2D eigenvalue weighted by Crippen LogP contribution is 2.34. The lowest BCUT2D eigenvalue weighted by molar-refractivity contribution is -0.149. The number of hydrogen-bond donors (Lipinski definition) is 3. The van der Waals surface area contributed by atoms with Crippen LogP contribution < -0.4 is 5.32 Å². The lowest BCUT2D eigenvalue weighted by atomic mass is 10.1. The Morgan fingerprint density at radius 2 is 1.95 bits per heavy atom. The molecule has 0 unspecified atom stereocenters. The first-order chi connectivity index (χ1) is 10.1. The molecule has 0 heterocycles. The largest absolute Gasteiger partial charge is 0.479 e. The quantitative estimate of drug-likeness (QED) is 0.650. The van der Waals surface area contributed by atoms with Gasteiger partial charge in [0.25, 0.3) is 0 Å². The molecule has 6 nitrogen and oxygen atoms in total. The number of amides is 1. The highest BCUT2D eigenvalue weighted by molar-refractivity contribution is 5.79. The van der Waals surface area contributed by atoms with Crippen LogP contribution >= 0.6 is 0 Å². The van der Waals surface area contributed by atoms with Gasteiger partial charge in [0.15, 0.2) is 6.10 Å². The molecule has 0 aromatic heterocycles. The Bertz CT molecular complexity index is 486. The van der Waals surface area contributed by atoms with Crippen LogP contribution in [0.25, 0.3) is 0 Å². The molecule has 1 fully saturated rings. The molecule has 1 saturated carbocycles. The molecule has 0 spiro atoms. The van der Waals surface area contributed by atoms with Crippen molar-refractivity contribution < 1.29 is 24.5 Å². The molecule has 0 radical (unpaired) electrons. The maximum atomic E-state index is 11.8. The standard InChI is InChI=1S/C15H19NO5/c17-12(9-21-8-10-4-2-1-3-5-10)16-13(11-6-7-11)14(18)15(19)20/h1-5,11,13-14,18H,6-9H2,(H,16,17)(H,19,20)/t13-,14-/m0/s1. The zero-order valence-electron chi connectivity index (χ0n) is 11.6. The van der Waals surface area contributed by atoms with Gasteiger partial charge in [0, 0.05) is 0 Å². The maximum Gasteiger partial charge on any atom is 0.334 e. The minimum Gasteiger partial charge on any atom is -0.479 e. The number of carbonyl (C=O) groups is 2. The van der Waals surface area contributed by atoms with Gasteiger partial charge >= 0.3 is 5.97 Å². The van der Waals surface area contributed by atoms with Crippen molar-refractivity contribution in [3.63, 3.8) is 0 Å². The van der Waals surface area contributed by atoms with Gasteiger partial charge in [-0.25, -0.2) is 4.79 Å². The summed E-state index contributed by atoms with van der Waals surface area (Å²) in [5, 5.41) is 21.0. The fraction of sp³-hybridized carbons (Fsp3) is 0.467. The van der Waals surface area contributed by atoms with E-state index in [1.807, 2.05) is 30.3 Å². The molecule has 0 aliphatic heterocycles. The first-order valence-electron chi connectivity index (χ1n) is 6.90. The van der Waals surface area contributed by atoms with Crippen LogP contribution in [-0.2, 0) is 20.9 Å². The Morgan fingerprint density at radius 1 is 1.29 bits per heavy atom. The first kappa shape index (κ1) is 15.5. The monoisotopic (exact) mass is 293 g/mol. The van der Waals surface area contributed by atoms with E-state index in [1.54, 1.807) is 0 Å². The fourth-order valence-electron chi connectivity index (χ4n) is 2.13. The van der Waals surface area contributed by atoms with Gasteiger partial charge < -0.3 is 20.3 Å². The van der Waals surface area contributed by atoms with Gasteiger partial charge in [-0.3, -0.25) is 4.79 Å². The van der Waals surface area contributed by atoms with Gasteiger partial charge in [0.2, 0.25) is 5.91 Å². The molecule has 21 heavy (non-hydrogen) atoms. The first-order valence-corrected chi connectivity index (χ1v) is 6.90. The Labute approximate surface area is 122 Å². The van der Waals surface area contributed by atoms with E-state index >= 15 is 0 Å². The third-order valence-electron chi connectivity index (χ3n) is 3.40. The number of hydrogen-bond acceptors (Lipinski definition) is 4. The molecule has 3 N–H and O–H groups in total. The van der Waals surface area contributed by atoms with E-state index in [-0.39, 0.29) is 12.5 Å². The predicted octanol–water partition coefficient (Wildman–Crippen LogP) is 0.543. The fourth-order valence-corrected chi connectivity index (χ4v) is 2.13. The Kier molecular flexibility index (Phi) is 5.30. The lowest BCUT2D eigenvalue weighted by Crippen LogP contribution is -2.49. The van der Waals surface area contributed by atoms with Crippen molar-refractivity contribution in [2.24, 2.45) is 5.92 Å². The van der Waals surface area contributed by atoms with Gasteiger partial charge in [0.05, 0.1) is 12.6 Å². The summed E-state index contributed by atoms with van der Waals surface area (Å²) in [6, 6.07) is 8.69. The topological polar surface area (TPSA) is 95.9 Å². The molecule has 0 bridgehead atoms. The Morgan fingerprint density at radius 3 is 2.52 bits per heavy atom. The van der Waals surface area contributed by atoms with Crippen LogP contribution in [0.5, 0.6) is 0 Å². The third-order valence-corrected chi connectivity index (χ3v) is 3.40. The molecular formula is C15H19NO5. The van der Waals surface area contributed by atoms with E-state index in [9.17, 15) is 14.7 Å². The van der Waals surface area contributed by atoms with Crippen LogP contribution in [0.1, 0.15) is 18.4 Å². The van der Waals surface area contributed by atoms with Gasteiger partial charge in [0.1, 0.15) is 6.61 Å². The van der Waals surface area contributed by atoms with Crippen molar-refractivity contribution >= 4 is 11.9 Å². The zero-order chi connectivity index (χ0) is 15.2. The average Bonchev–Trinajstić information content (AvgIpc) is 3.29. The lowest BCUT2D eigenvalue weighted by Gasteiger charge is -2.21. The van der Waals surface area contributed by atoms with Crippen LogP contribution in [0.15, 0.2) is 30.3 Å². The highest BCUT2D eigenvalue weighted by Gasteiger charge is 2.39. The van der Waals surface area contributed by atoms with Crippen molar-refractivity contribution in [2.75, 3.05) is 6.61 Å². The number of carbonyl (C=O) groups excluding carboxylic acids is 1. The summed E-state index contributed by atoms with van der Waals surface area (Å²) >= 11 is 0. The summed E-state index contributed by atoms with van der Waals surface area (Å²) in [4.78, 5) is 22.6. The minimum absolute atomic E-state index is 0.0363. The summed E-state index contributed by atoms with van der Waals surface area (Å²) in [7, 11) is 0. The molecule has 1 aromatic rings. The number of aliphatic hydroxyl groups is 1. The molecule has 1 aliphatic carbocycles. The van der Waals surface area contributed by atoms with E-state index < -0.39 is 24.0 Å². The number of rotatable bonds is 8. The molecule has 1 amide bonds. The molecular weight excluding hydrogens is 274 g/mol. The summed E-state index contributed by atoms with van der Waals surface area (Å²) in [6.07, 6.45) is 0.0657. The van der Waals surface area contributed by atoms with Gasteiger partial charge in [-0.2, -0.15) is 0 Å². The number of benzene rings is 1. The minimum atomic E-state index is -1.57. The van der Waals surface area contributed by atoms with Gasteiger partial charge in [-0.1, -0.05) is 30.3 Å². The second-order valence-corrected chi connectivity index (χ2v) is 5.19. The number of ether oxygens (including phenoxy) is 1. The van der Waals surface area contributed by atoms with Crippen molar-refractivity contribution in [3.05, 3.63) is 35.9 Å². The van der Waals surface area contributed by atoms with Crippen LogP contribution in [0, 0.1) is 5.92 Å². The van der Waals surface area contributed by atoms with E-state index in [0.29, 0.717) is 6.61 Å². The number of aliphatic carboxylic acids is 1. The Balaban J connectivity index is 1.76. The van der Waals surface area contributed by atoms with Crippen LogP contribution in [0.3, 0.4) is 0 Å². The normalized spacial score (nSPS) is 17.0. The second-order valence-electron chi connectivity index (χ2n) is 5.19. The smallest absolute Gasteiger partial charge is 0.334 e. The summed E-state index contributed by atoms with van der Waals surface area (Å²) in [5.74, 6) is -1.70. The van der Waals surface area contributed by atoms with Crippen LogP contribution in [0.2, 0.25) is 0 Å². The van der Waals surface area contributed by atoms with Crippen molar-refractivity contribution in [1.82, 2.24) is 5.32 Å². The number of carboxylic acids is 1. The summed E-state index contributed by atoms with van der Waals surface area (Å²) < 4.78 is 5.28. The number of aliphatic hydroxyl groups excluding tert-OH is 1. The molecule has 1 aromatic carbocycles. The van der Waals surface area contributed by atoms with Crippen molar-refractivity contribution in [1.29, 1.82) is 0 Å². The zero-order valence-corrected chi connectivity index (χ0v) is 11.6. The third kappa shape index (κ3) is 4.84. The van der Waals surface area contributed by atoms with Gasteiger partial charge in [-0.15, -0.1) is 0 Å². The SMILES string of the molecule is O=C(COCc1ccccc1)N[C@@H](C1CC1)[C@H](O)C(=O)O. The van der Waals surface area contributed by atoms with Crippen molar-refractivity contribution in [3.8, 4) is 0 Å². The van der Waals surface area contributed by atoms with Crippen molar-refractivity contribution in [2.45, 2.75) is 31.6 Å². The molecule has 6 heteroatoms. The number of nitrogens with one attached hydrogen (secondary N) is 1. The molecule has 2 atom stereocenters. The van der Waals surface area contributed by atoms with E-state index in [2.05, 4.69) is 5.32 Å². The summed E-state index contributed by atoms with van der Waals surface area (Å²) in [6.45, 7) is 0.147. The number of carboxylic acid groups (broad SMARTS) is 1. The van der Waals surface area contributed by atoms with E-state index in [1.165, 1.54) is 0 Å². The molecule has 114 valence electrons.